The molecule has 1 aromatic carbocycles. The van der Waals surface area contributed by atoms with Crippen LogP contribution in [-0.4, -0.2) is 46.8 Å². The van der Waals surface area contributed by atoms with Crippen molar-refractivity contribution >= 4 is 12.0 Å². The van der Waals surface area contributed by atoms with Crippen LogP contribution in [0.25, 0.3) is 6.08 Å². The Labute approximate surface area is 155 Å². The molecule has 1 atom stereocenters. The fourth-order valence-electron chi connectivity index (χ4n) is 3.03. The molecule has 1 unspecified atom stereocenters. The second-order valence-corrected chi connectivity index (χ2v) is 6.30. The van der Waals surface area contributed by atoms with Gasteiger partial charge < -0.3 is 19.1 Å². The van der Waals surface area contributed by atoms with E-state index in [0.717, 1.165) is 30.8 Å². The topological polar surface area (TPSA) is 73.8 Å². The second kappa shape index (κ2) is 7.61. The van der Waals surface area contributed by atoms with Crippen LogP contribution in [0.5, 0.6) is 17.5 Å². The van der Waals surface area contributed by atoms with E-state index in [-0.39, 0.29) is 24.8 Å². The molecule has 3 heterocycles. The SMILES string of the molecule is O=C(/C=C/c1ccc2c(c1)OCO2)N1CCCC(Oc2ncc(F)cn2)C1. The molecule has 0 N–H and O–H groups in total. The number of rotatable bonds is 4. The van der Waals surface area contributed by atoms with Gasteiger partial charge in [-0.25, -0.2) is 14.4 Å². The lowest BCUT2D eigenvalue weighted by atomic mass is 10.1. The van der Waals surface area contributed by atoms with Gasteiger partial charge >= 0.3 is 6.01 Å². The Balaban J connectivity index is 1.36. The van der Waals surface area contributed by atoms with Gasteiger partial charge in [-0.15, -0.1) is 0 Å². The highest BCUT2D eigenvalue weighted by atomic mass is 19.1. The largest absolute Gasteiger partial charge is 0.458 e. The van der Waals surface area contributed by atoms with Crippen molar-refractivity contribution in [3.05, 3.63) is 48.0 Å². The molecule has 1 fully saturated rings. The Morgan fingerprint density at radius 3 is 2.93 bits per heavy atom. The number of piperidine rings is 1. The summed E-state index contributed by atoms with van der Waals surface area (Å²) in [6, 6.07) is 5.64. The zero-order valence-corrected chi connectivity index (χ0v) is 14.5. The third-order valence-corrected chi connectivity index (χ3v) is 4.37. The van der Waals surface area contributed by atoms with E-state index in [0.29, 0.717) is 24.6 Å². The highest BCUT2D eigenvalue weighted by Gasteiger charge is 2.24. The zero-order chi connectivity index (χ0) is 18.6. The molecule has 0 spiro atoms. The maximum absolute atomic E-state index is 12.9. The lowest BCUT2D eigenvalue weighted by molar-refractivity contribution is -0.128. The second-order valence-electron chi connectivity index (χ2n) is 6.30. The van der Waals surface area contributed by atoms with Gasteiger partial charge in [0.25, 0.3) is 0 Å². The molecular weight excluding hydrogens is 353 g/mol. The minimum atomic E-state index is -0.517. The van der Waals surface area contributed by atoms with E-state index >= 15 is 0 Å². The molecule has 140 valence electrons. The van der Waals surface area contributed by atoms with Crippen molar-refractivity contribution in [1.82, 2.24) is 14.9 Å². The summed E-state index contributed by atoms with van der Waals surface area (Å²) < 4.78 is 29.2. The fraction of sp³-hybridized carbons (Fsp3) is 0.316. The van der Waals surface area contributed by atoms with Crippen molar-refractivity contribution in [1.29, 1.82) is 0 Å². The minimum absolute atomic E-state index is 0.0963. The monoisotopic (exact) mass is 371 g/mol. The van der Waals surface area contributed by atoms with Crippen molar-refractivity contribution < 1.29 is 23.4 Å². The molecule has 1 amide bonds. The average molecular weight is 371 g/mol. The number of benzene rings is 1. The van der Waals surface area contributed by atoms with Crippen LogP contribution < -0.4 is 14.2 Å². The van der Waals surface area contributed by atoms with E-state index in [2.05, 4.69) is 9.97 Å². The van der Waals surface area contributed by atoms with Gasteiger partial charge in [0, 0.05) is 12.6 Å². The molecule has 1 saturated heterocycles. The molecule has 2 aliphatic heterocycles. The molecular formula is C19H18FN3O4. The van der Waals surface area contributed by atoms with E-state index < -0.39 is 5.82 Å². The molecule has 7 nitrogen and oxygen atoms in total. The predicted octanol–water partition coefficient (Wildman–Crippen LogP) is 2.43. The van der Waals surface area contributed by atoms with Gasteiger partial charge in [0.05, 0.1) is 18.9 Å². The summed E-state index contributed by atoms with van der Waals surface area (Å²) in [4.78, 5) is 21.8. The molecule has 2 aliphatic rings. The van der Waals surface area contributed by atoms with Crippen molar-refractivity contribution in [2.45, 2.75) is 18.9 Å². The first-order valence-electron chi connectivity index (χ1n) is 8.68. The molecule has 1 aromatic heterocycles. The molecule has 4 rings (SSSR count). The number of halogens is 1. The first-order valence-corrected chi connectivity index (χ1v) is 8.68. The molecule has 2 aromatic rings. The first kappa shape index (κ1) is 17.3. The smallest absolute Gasteiger partial charge is 0.316 e. The van der Waals surface area contributed by atoms with E-state index in [1.807, 2.05) is 18.2 Å². The number of carbonyl (C=O) groups is 1. The average Bonchev–Trinajstić information content (AvgIpc) is 3.16. The zero-order valence-electron chi connectivity index (χ0n) is 14.5. The standard InChI is InChI=1S/C19H18FN3O4/c20-14-9-21-19(22-10-14)27-15-2-1-7-23(11-15)18(24)6-4-13-3-5-16-17(8-13)26-12-25-16/h3-6,8-10,15H,1-2,7,11-12H2/b6-4+. The lowest BCUT2D eigenvalue weighted by Gasteiger charge is -2.31. The quantitative estimate of drug-likeness (QED) is 0.769. The highest BCUT2D eigenvalue weighted by Crippen LogP contribution is 2.32. The number of ether oxygens (including phenoxy) is 3. The third kappa shape index (κ3) is 4.16. The van der Waals surface area contributed by atoms with Crippen molar-refractivity contribution in [2.24, 2.45) is 0 Å². The summed E-state index contributed by atoms with van der Waals surface area (Å²) >= 11 is 0. The molecule has 0 bridgehead atoms. The Morgan fingerprint density at radius 2 is 2.07 bits per heavy atom. The predicted molar refractivity (Wildman–Crippen MR) is 93.8 cm³/mol. The van der Waals surface area contributed by atoms with E-state index in [1.54, 1.807) is 11.0 Å². The third-order valence-electron chi connectivity index (χ3n) is 4.37. The highest BCUT2D eigenvalue weighted by molar-refractivity contribution is 5.92. The van der Waals surface area contributed by atoms with Gasteiger partial charge in [0.2, 0.25) is 12.7 Å². The van der Waals surface area contributed by atoms with Gasteiger partial charge in [-0.05, 0) is 36.6 Å². The Kier molecular flexibility index (Phi) is 4.86. The molecule has 27 heavy (non-hydrogen) atoms. The fourth-order valence-corrected chi connectivity index (χ4v) is 3.03. The summed E-state index contributed by atoms with van der Waals surface area (Å²) in [5.41, 5.74) is 0.858. The number of hydrogen-bond acceptors (Lipinski definition) is 6. The van der Waals surface area contributed by atoms with Crippen molar-refractivity contribution in [3.63, 3.8) is 0 Å². The van der Waals surface area contributed by atoms with Gasteiger partial charge in [0.15, 0.2) is 17.3 Å². The summed E-state index contributed by atoms with van der Waals surface area (Å²) in [5, 5.41) is 0. The molecule has 0 aliphatic carbocycles. The van der Waals surface area contributed by atoms with Crippen molar-refractivity contribution in [3.8, 4) is 17.5 Å². The maximum Gasteiger partial charge on any atom is 0.316 e. The van der Waals surface area contributed by atoms with Gasteiger partial charge in [0.1, 0.15) is 6.10 Å². The summed E-state index contributed by atoms with van der Waals surface area (Å²) in [6.45, 7) is 1.31. The number of carbonyl (C=O) groups excluding carboxylic acids is 1. The lowest BCUT2D eigenvalue weighted by Crippen LogP contribution is -2.43. The van der Waals surface area contributed by atoms with E-state index in [1.165, 1.54) is 6.08 Å². The van der Waals surface area contributed by atoms with Crippen LogP contribution in [0.4, 0.5) is 4.39 Å². The minimum Gasteiger partial charge on any atom is -0.458 e. The van der Waals surface area contributed by atoms with Crippen molar-refractivity contribution in [2.75, 3.05) is 19.9 Å². The van der Waals surface area contributed by atoms with E-state index in [9.17, 15) is 9.18 Å². The van der Waals surface area contributed by atoms with E-state index in [4.69, 9.17) is 14.2 Å². The van der Waals surface area contributed by atoms with Crippen LogP contribution in [-0.2, 0) is 4.79 Å². The molecule has 8 heteroatoms. The summed E-state index contributed by atoms with van der Waals surface area (Å²) in [5.74, 6) is 0.769. The van der Waals surface area contributed by atoms with Crippen LogP contribution in [0.3, 0.4) is 0 Å². The van der Waals surface area contributed by atoms with Crippen LogP contribution in [0, 0.1) is 5.82 Å². The maximum atomic E-state index is 12.9. The first-order chi connectivity index (χ1) is 13.2. The summed E-state index contributed by atoms with van der Waals surface area (Å²) in [7, 11) is 0. The van der Waals surface area contributed by atoms with Crippen LogP contribution >= 0.6 is 0 Å². The normalized spacial score (nSPS) is 18.7. The number of amides is 1. The number of aromatic nitrogens is 2. The Hall–Kier alpha value is -3.16. The van der Waals surface area contributed by atoms with Gasteiger partial charge in [-0.1, -0.05) is 6.07 Å². The van der Waals surface area contributed by atoms with Crippen LogP contribution in [0.2, 0.25) is 0 Å². The molecule has 0 saturated carbocycles. The van der Waals surface area contributed by atoms with Crippen LogP contribution in [0.1, 0.15) is 18.4 Å². The number of fused-ring (bicyclic) bond motifs is 1. The van der Waals surface area contributed by atoms with Gasteiger partial charge in [-0.3, -0.25) is 4.79 Å². The van der Waals surface area contributed by atoms with Gasteiger partial charge in [-0.2, -0.15) is 0 Å². The number of likely N-dealkylation sites (tertiary alicyclic amines) is 1. The molecule has 0 radical (unpaired) electrons. The van der Waals surface area contributed by atoms with Crippen LogP contribution in [0.15, 0.2) is 36.7 Å². The number of hydrogen-bond donors (Lipinski definition) is 0. The summed E-state index contributed by atoms with van der Waals surface area (Å²) in [6.07, 6.45) is 6.79. The Bertz CT molecular complexity index is 857. The number of nitrogens with zero attached hydrogens (tertiary/aromatic N) is 3. The Morgan fingerprint density at radius 1 is 1.26 bits per heavy atom.